The number of fused-ring (bicyclic) bond motifs is 4. The Morgan fingerprint density at radius 3 is 2.40 bits per heavy atom. The highest BCUT2D eigenvalue weighted by molar-refractivity contribution is 7.92. The first-order chi connectivity index (χ1) is 16.7. The number of carboxylic acid groups (broad SMARTS) is 1. The highest BCUT2D eigenvalue weighted by atomic mass is 32.2. The van der Waals surface area contributed by atoms with Gasteiger partial charge in [0.1, 0.15) is 5.69 Å². The average molecular weight is 494 g/mol. The first kappa shape index (κ1) is 22.9. The molecule has 2 atom stereocenters. The van der Waals surface area contributed by atoms with Crippen molar-refractivity contribution < 1.29 is 23.1 Å². The number of pyridine rings is 1. The van der Waals surface area contributed by atoms with Gasteiger partial charge in [0.15, 0.2) is 0 Å². The van der Waals surface area contributed by atoms with Crippen LogP contribution in [0.15, 0.2) is 76.4 Å². The number of hydrogen-bond donors (Lipinski definition) is 2. The maximum absolute atomic E-state index is 13.2. The molecule has 1 fully saturated rings. The number of carbonyl (C=O) groups excluding carboxylic acids is 1. The Hall–Kier alpha value is -3.92. The number of sulfonamides is 1. The summed E-state index contributed by atoms with van der Waals surface area (Å²) in [5.74, 6) is -1.40. The molecule has 180 valence electrons. The van der Waals surface area contributed by atoms with Gasteiger partial charge in [0.25, 0.3) is 21.5 Å². The third-order valence-corrected chi connectivity index (χ3v) is 7.93. The first-order valence-electron chi connectivity index (χ1n) is 11.2. The molecule has 0 saturated carbocycles. The second-order valence-electron chi connectivity index (χ2n) is 8.90. The van der Waals surface area contributed by atoms with Crippen LogP contribution in [0.3, 0.4) is 0 Å². The van der Waals surface area contributed by atoms with Gasteiger partial charge in [0.05, 0.1) is 10.5 Å². The Morgan fingerprint density at radius 1 is 0.914 bits per heavy atom. The van der Waals surface area contributed by atoms with Crippen LogP contribution in [-0.2, 0) is 16.6 Å². The summed E-state index contributed by atoms with van der Waals surface area (Å²) < 4.78 is 29.4. The van der Waals surface area contributed by atoms with Crippen LogP contribution in [0.25, 0.3) is 0 Å². The van der Waals surface area contributed by atoms with Crippen molar-refractivity contribution >= 4 is 27.6 Å². The fourth-order valence-corrected chi connectivity index (χ4v) is 6.04. The number of carboxylic acids is 1. The van der Waals surface area contributed by atoms with Crippen LogP contribution in [0.5, 0.6) is 0 Å². The minimum absolute atomic E-state index is 0.0176. The van der Waals surface area contributed by atoms with Crippen LogP contribution in [-0.4, -0.2) is 48.0 Å². The van der Waals surface area contributed by atoms with E-state index in [1.165, 1.54) is 30.3 Å². The number of amides is 1. The first-order valence-corrected chi connectivity index (χ1v) is 12.7. The topological polar surface area (TPSA) is 126 Å². The van der Waals surface area contributed by atoms with Crippen LogP contribution in [0.4, 0.5) is 5.69 Å². The zero-order valence-corrected chi connectivity index (χ0v) is 19.4. The molecular weight excluding hydrogens is 470 g/mol. The summed E-state index contributed by atoms with van der Waals surface area (Å²) in [5, 5.41) is 9.23. The van der Waals surface area contributed by atoms with Crippen LogP contribution in [0.1, 0.15) is 38.7 Å². The molecule has 5 rings (SSSR count). The van der Waals surface area contributed by atoms with Gasteiger partial charge in [-0.2, -0.15) is 0 Å². The van der Waals surface area contributed by atoms with Gasteiger partial charge in [-0.1, -0.05) is 24.3 Å². The van der Waals surface area contributed by atoms with Gasteiger partial charge in [-0.15, -0.1) is 0 Å². The molecule has 0 unspecified atom stereocenters. The van der Waals surface area contributed by atoms with E-state index in [0.29, 0.717) is 25.2 Å². The van der Waals surface area contributed by atoms with E-state index >= 15 is 0 Å². The molecule has 0 aliphatic carbocycles. The molecule has 1 aromatic heterocycles. The maximum atomic E-state index is 13.2. The number of piperidine rings is 1. The molecule has 3 heterocycles. The predicted molar refractivity (Wildman–Crippen MR) is 128 cm³/mol. The third kappa shape index (κ3) is 4.32. The van der Waals surface area contributed by atoms with E-state index in [9.17, 15) is 27.9 Å². The molecular formula is C25H23N3O6S. The summed E-state index contributed by atoms with van der Waals surface area (Å²) in [4.78, 5) is 39.4. The van der Waals surface area contributed by atoms with E-state index in [1.54, 1.807) is 45.9 Å². The number of anilines is 1. The highest BCUT2D eigenvalue weighted by Gasteiger charge is 2.37. The van der Waals surface area contributed by atoms with Gasteiger partial charge in [-0.3, -0.25) is 14.3 Å². The quantitative estimate of drug-likeness (QED) is 0.563. The number of nitrogens with one attached hydrogen (secondary N) is 1. The molecule has 1 amide bonds. The van der Waals surface area contributed by atoms with Crippen molar-refractivity contribution in [1.29, 1.82) is 0 Å². The molecule has 1 saturated heterocycles. The Morgan fingerprint density at radius 2 is 1.66 bits per heavy atom. The molecule has 2 N–H and O–H groups in total. The lowest BCUT2D eigenvalue weighted by Gasteiger charge is -2.43. The van der Waals surface area contributed by atoms with E-state index in [2.05, 4.69) is 4.72 Å². The normalized spacial score (nSPS) is 19.0. The number of aromatic nitrogens is 1. The van der Waals surface area contributed by atoms with Crippen LogP contribution in [0, 0.1) is 5.92 Å². The zero-order chi connectivity index (χ0) is 24.7. The Bertz CT molecular complexity index is 1480. The van der Waals surface area contributed by atoms with E-state index in [0.717, 1.165) is 12.1 Å². The van der Waals surface area contributed by atoms with E-state index in [-0.39, 0.29) is 33.9 Å². The number of carbonyl (C=O) groups is 2. The fraction of sp³-hybridized carbons (Fsp3) is 0.240. The summed E-state index contributed by atoms with van der Waals surface area (Å²) in [6.45, 7) is 1.18. The van der Waals surface area contributed by atoms with Crippen molar-refractivity contribution in [2.45, 2.75) is 23.8 Å². The van der Waals surface area contributed by atoms with Gasteiger partial charge in [-0.25, -0.2) is 13.2 Å². The minimum atomic E-state index is -3.90. The van der Waals surface area contributed by atoms with Crippen molar-refractivity contribution in [3.63, 3.8) is 0 Å². The number of aromatic carboxylic acids is 1. The van der Waals surface area contributed by atoms with Crippen LogP contribution >= 0.6 is 0 Å². The molecule has 10 heteroatoms. The van der Waals surface area contributed by atoms with Gasteiger partial charge < -0.3 is 14.6 Å². The van der Waals surface area contributed by atoms with E-state index in [1.807, 2.05) is 0 Å². The number of rotatable bonds is 5. The molecule has 0 radical (unpaired) electrons. The largest absolute Gasteiger partial charge is 0.478 e. The lowest BCUT2D eigenvalue weighted by molar-refractivity contribution is 0.0594. The molecule has 2 aromatic carbocycles. The summed E-state index contributed by atoms with van der Waals surface area (Å²) in [7, 11) is -3.90. The Kier molecular flexibility index (Phi) is 5.68. The molecule has 2 bridgehead atoms. The summed E-state index contributed by atoms with van der Waals surface area (Å²) in [5.41, 5.74) is 0.690. The maximum Gasteiger partial charge on any atom is 0.335 e. The van der Waals surface area contributed by atoms with Crippen molar-refractivity contribution in [2.75, 3.05) is 17.8 Å². The van der Waals surface area contributed by atoms with Crippen molar-refractivity contribution in [1.82, 2.24) is 9.47 Å². The second kappa shape index (κ2) is 8.70. The summed E-state index contributed by atoms with van der Waals surface area (Å²) >= 11 is 0. The minimum Gasteiger partial charge on any atom is -0.478 e. The third-order valence-electron chi connectivity index (χ3n) is 6.55. The van der Waals surface area contributed by atoms with Gasteiger partial charge in [0.2, 0.25) is 0 Å². The average Bonchev–Trinajstić information content (AvgIpc) is 2.86. The number of benzene rings is 2. The lowest BCUT2D eigenvalue weighted by Crippen LogP contribution is -2.49. The highest BCUT2D eigenvalue weighted by Crippen LogP contribution is 2.36. The van der Waals surface area contributed by atoms with Gasteiger partial charge in [0, 0.05) is 36.8 Å². The molecule has 2 aliphatic heterocycles. The Labute approximate surface area is 201 Å². The zero-order valence-electron chi connectivity index (χ0n) is 18.6. The van der Waals surface area contributed by atoms with Crippen molar-refractivity contribution in [3.05, 3.63) is 93.9 Å². The Balaban J connectivity index is 1.40. The predicted octanol–water partition coefficient (Wildman–Crippen LogP) is 2.61. The van der Waals surface area contributed by atoms with E-state index in [4.69, 9.17) is 0 Å². The van der Waals surface area contributed by atoms with Gasteiger partial charge in [-0.05, 0) is 54.8 Å². The fourth-order valence-electron chi connectivity index (χ4n) is 4.96. The van der Waals surface area contributed by atoms with E-state index < -0.39 is 21.6 Å². The number of likely N-dealkylation sites (tertiary alicyclic amines) is 1. The summed E-state index contributed by atoms with van der Waals surface area (Å²) in [6, 6.07) is 17.0. The van der Waals surface area contributed by atoms with Crippen molar-refractivity contribution in [2.24, 2.45) is 5.92 Å². The van der Waals surface area contributed by atoms with Crippen LogP contribution < -0.4 is 10.3 Å². The summed E-state index contributed by atoms with van der Waals surface area (Å²) in [6.07, 6.45) is 0.813. The van der Waals surface area contributed by atoms with Gasteiger partial charge >= 0.3 is 5.97 Å². The lowest BCUT2D eigenvalue weighted by atomic mass is 9.83. The monoisotopic (exact) mass is 493 g/mol. The molecule has 2 aliphatic rings. The number of nitrogens with zero attached hydrogens (tertiary/aromatic N) is 2. The van der Waals surface area contributed by atoms with Crippen molar-refractivity contribution in [3.8, 4) is 0 Å². The standard InChI is InChI=1S/C25H23N3O6S/c29-23(17-5-4-6-18(12-17)25(31)32)27-13-16-11-19(15-27)22-10-9-21(24(30)28(22)14-16)26-35(33,34)20-7-2-1-3-8-20/h1-10,12,16,19,26H,11,13-15H2,(H,31,32)/t16-,19+/m0/s1. The molecule has 9 nitrogen and oxygen atoms in total. The van der Waals surface area contributed by atoms with Crippen LogP contribution in [0.2, 0.25) is 0 Å². The molecule has 3 aromatic rings. The smallest absolute Gasteiger partial charge is 0.335 e. The molecule has 0 spiro atoms. The molecule has 35 heavy (non-hydrogen) atoms. The SMILES string of the molecule is O=C(O)c1cccc(C(=O)N2C[C@@H]3C[C@H](C2)c2ccc(NS(=O)(=O)c4ccccc4)c(=O)n2C3)c1. The number of hydrogen-bond acceptors (Lipinski definition) is 5. The second-order valence-corrected chi connectivity index (χ2v) is 10.6.